The molecule has 3 N–H and O–H groups in total. The van der Waals surface area contributed by atoms with E-state index >= 15 is 0 Å². The smallest absolute Gasteiger partial charge is 0.185 e. The van der Waals surface area contributed by atoms with Gasteiger partial charge in [0, 0.05) is 12.0 Å². The van der Waals surface area contributed by atoms with Crippen LogP contribution < -0.4 is 16.3 Å². The molecule has 1 aromatic rings. The molecular formula is C7H11N2OP. The molecule has 1 unspecified atom stereocenters. The van der Waals surface area contributed by atoms with E-state index in [1.807, 2.05) is 18.2 Å². The number of nitrogens with two attached hydrogens (primary N) is 1. The molecule has 1 atom stereocenters. The average molecular weight is 170 g/mol. The molecular weight excluding hydrogens is 159 g/mol. The van der Waals surface area contributed by atoms with Gasteiger partial charge in [0.25, 0.3) is 0 Å². The number of rotatable bonds is 2. The number of benzene rings is 1. The Morgan fingerprint density at radius 2 is 1.91 bits per heavy atom. The highest BCUT2D eigenvalue weighted by atomic mass is 31.2. The van der Waals surface area contributed by atoms with Crippen molar-refractivity contribution in [2.24, 2.45) is 5.84 Å². The average Bonchev–Trinajstić information content (AvgIpc) is 2.06. The molecule has 0 spiro atoms. The van der Waals surface area contributed by atoms with Gasteiger partial charge < -0.3 is 4.57 Å². The van der Waals surface area contributed by atoms with Crippen LogP contribution in [0.3, 0.4) is 0 Å². The third-order valence-corrected chi connectivity index (χ3v) is 3.27. The van der Waals surface area contributed by atoms with Gasteiger partial charge in [-0.1, -0.05) is 30.3 Å². The van der Waals surface area contributed by atoms with E-state index in [1.165, 1.54) is 0 Å². The monoisotopic (exact) mass is 170 g/mol. The molecule has 0 aliphatic rings. The lowest BCUT2D eigenvalue weighted by Gasteiger charge is -2.10. The van der Waals surface area contributed by atoms with Crippen LogP contribution in [0.1, 0.15) is 0 Å². The number of hydrogen-bond donors (Lipinski definition) is 2. The maximum Gasteiger partial charge on any atom is 0.185 e. The highest BCUT2D eigenvalue weighted by molar-refractivity contribution is 7.68. The molecule has 0 aromatic heterocycles. The summed E-state index contributed by atoms with van der Waals surface area (Å²) in [4.78, 5) is 0. The summed E-state index contributed by atoms with van der Waals surface area (Å²) in [6.45, 7) is 1.60. The minimum Gasteiger partial charge on any atom is -0.301 e. The van der Waals surface area contributed by atoms with Crippen molar-refractivity contribution >= 4 is 12.6 Å². The zero-order chi connectivity index (χ0) is 8.32. The van der Waals surface area contributed by atoms with Gasteiger partial charge in [-0.15, -0.1) is 0 Å². The van der Waals surface area contributed by atoms with Gasteiger partial charge in [0.1, 0.15) is 0 Å². The van der Waals surface area contributed by atoms with Crippen LogP contribution in [-0.4, -0.2) is 6.66 Å². The fourth-order valence-corrected chi connectivity index (χ4v) is 1.68. The summed E-state index contributed by atoms with van der Waals surface area (Å²) in [6, 6.07) is 9.13. The van der Waals surface area contributed by atoms with Crippen LogP contribution in [0.4, 0.5) is 0 Å². The Labute approximate surface area is 66.0 Å². The number of nitrogens with one attached hydrogen (secondary N) is 1. The lowest BCUT2D eigenvalue weighted by Crippen LogP contribution is -2.24. The molecule has 0 saturated carbocycles. The van der Waals surface area contributed by atoms with Gasteiger partial charge in [-0.25, -0.2) is 5.20 Å². The van der Waals surface area contributed by atoms with Crippen molar-refractivity contribution in [3.63, 3.8) is 0 Å². The van der Waals surface area contributed by atoms with Gasteiger partial charge in [-0.2, -0.15) is 0 Å². The standard InChI is InChI=1S/C7H11N2OP/c1-11(10,9-8)7-5-3-2-4-6-7/h2-6H,8H2,1H3,(H,9,10). The van der Waals surface area contributed by atoms with Crippen molar-refractivity contribution < 1.29 is 4.57 Å². The van der Waals surface area contributed by atoms with Crippen molar-refractivity contribution in [1.82, 2.24) is 5.20 Å². The Kier molecular flexibility index (Phi) is 2.45. The van der Waals surface area contributed by atoms with E-state index in [4.69, 9.17) is 5.84 Å². The third kappa shape index (κ3) is 1.90. The van der Waals surface area contributed by atoms with Gasteiger partial charge in [-0.05, 0) is 0 Å². The summed E-state index contributed by atoms with van der Waals surface area (Å²) in [7, 11) is -2.50. The molecule has 11 heavy (non-hydrogen) atoms. The maximum atomic E-state index is 11.5. The molecule has 0 heterocycles. The summed E-state index contributed by atoms with van der Waals surface area (Å²) < 4.78 is 11.5. The van der Waals surface area contributed by atoms with Gasteiger partial charge in [0.2, 0.25) is 0 Å². The van der Waals surface area contributed by atoms with E-state index in [1.54, 1.807) is 18.8 Å². The molecule has 1 rings (SSSR count). The molecule has 1 aromatic carbocycles. The van der Waals surface area contributed by atoms with Crippen LogP contribution in [-0.2, 0) is 4.57 Å². The van der Waals surface area contributed by atoms with Crippen molar-refractivity contribution in [1.29, 1.82) is 0 Å². The van der Waals surface area contributed by atoms with Crippen LogP contribution in [0.15, 0.2) is 30.3 Å². The Hall–Kier alpha value is -0.630. The molecule has 3 nitrogen and oxygen atoms in total. The molecule has 0 fully saturated rings. The minimum absolute atomic E-state index is 0.752. The first-order valence-corrected chi connectivity index (χ1v) is 5.43. The first-order chi connectivity index (χ1) is 5.17. The topological polar surface area (TPSA) is 55.1 Å². The zero-order valence-corrected chi connectivity index (χ0v) is 7.21. The molecule has 0 aliphatic heterocycles. The van der Waals surface area contributed by atoms with E-state index in [0.717, 1.165) is 5.30 Å². The lowest BCUT2D eigenvalue weighted by atomic mass is 10.4. The van der Waals surface area contributed by atoms with Gasteiger partial charge >= 0.3 is 0 Å². The fraction of sp³-hybridized carbons (Fsp3) is 0.143. The van der Waals surface area contributed by atoms with Crippen molar-refractivity contribution in [3.05, 3.63) is 30.3 Å². The molecule has 0 aliphatic carbocycles. The molecule has 0 radical (unpaired) electrons. The normalized spacial score (nSPS) is 15.8. The quantitative estimate of drug-likeness (QED) is 0.390. The second-order valence-corrected chi connectivity index (χ2v) is 5.01. The second-order valence-electron chi connectivity index (χ2n) is 2.39. The fourth-order valence-electron chi connectivity index (χ4n) is 0.787. The summed E-state index contributed by atoms with van der Waals surface area (Å²) in [5.41, 5.74) is 0. The minimum atomic E-state index is -2.50. The molecule has 4 heteroatoms. The van der Waals surface area contributed by atoms with Crippen LogP contribution in [0.5, 0.6) is 0 Å². The van der Waals surface area contributed by atoms with Gasteiger partial charge in [0.05, 0.1) is 0 Å². The highest BCUT2D eigenvalue weighted by Crippen LogP contribution is 2.32. The first kappa shape index (κ1) is 8.47. The van der Waals surface area contributed by atoms with Crippen molar-refractivity contribution in [3.8, 4) is 0 Å². The van der Waals surface area contributed by atoms with Crippen LogP contribution in [0.25, 0.3) is 0 Å². The number of hydrazine groups is 1. The van der Waals surface area contributed by atoms with Crippen LogP contribution >= 0.6 is 7.29 Å². The third-order valence-electron chi connectivity index (χ3n) is 1.50. The highest BCUT2D eigenvalue weighted by Gasteiger charge is 2.13. The number of hydrogen-bond acceptors (Lipinski definition) is 2. The Bertz CT molecular complexity index is 273. The van der Waals surface area contributed by atoms with E-state index < -0.39 is 7.29 Å². The Balaban J connectivity index is 3.03. The zero-order valence-electron chi connectivity index (χ0n) is 6.32. The molecule has 60 valence electrons. The molecule has 0 saturated heterocycles. The van der Waals surface area contributed by atoms with Crippen LogP contribution in [0.2, 0.25) is 0 Å². The predicted molar refractivity (Wildman–Crippen MR) is 46.9 cm³/mol. The van der Waals surface area contributed by atoms with E-state index in [9.17, 15) is 4.57 Å². The van der Waals surface area contributed by atoms with Gasteiger partial charge in [-0.3, -0.25) is 5.84 Å². The lowest BCUT2D eigenvalue weighted by molar-refractivity contribution is 0.577. The molecule has 0 bridgehead atoms. The van der Waals surface area contributed by atoms with Gasteiger partial charge in [0.15, 0.2) is 7.29 Å². The summed E-state index contributed by atoms with van der Waals surface area (Å²) in [5.74, 6) is 5.13. The molecule has 0 amide bonds. The summed E-state index contributed by atoms with van der Waals surface area (Å²) in [6.07, 6.45) is 0. The largest absolute Gasteiger partial charge is 0.301 e. The first-order valence-electron chi connectivity index (χ1n) is 3.28. The van der Waals surface area contributed by atoms with E-state index in [2.05, 4.69) is 5.20 Å². The van der Waals surface area contributed by atoms with Crippen molar-refractivity contribution in [2.75, 3.05) is 6.66 Å². The summed E-state index contributed by atoms with van der Waals surface area (Å²) >= 11 is 0. The summed E-state index contributed by atoms with van der Waals surface area (Å²) in [5, 5.41) is 3.07. The van der Waals surface area contributed by atoms with E-state index in [-0.39, 0.29) is 0 Å². The van der Waals surface area contributed by atoms with Crippen LogP contribution in [0, 0.1) is 0 Å². The van der Waals surface area contributed by atoms with E-state index in [0.29, 0.717) is 0 Å². The second kappa shape index (κ2) is 3.18. The Morgan fingerprint density at radius 1 is 1.36 bits per heavy atom. The predicted octanol–water partition coefficient (Wildman–Crippen LogP) is 0.683. The SMILES string of the molecule is CP(=O)(NN)c1ccccc1. The Morgan fingerprint density at radius 3 is 2.36 bits per heavy atom. The van der Waals surface area contributed by atoms with Crippen molar-refractivity contribution in [2.45, 2.75) is 0 Å². The maximum absolute atomic E-state index is 11.5.